The second-order valence-electron chi connectivity index (χ2n) is 7.50. The number of thioether (sulfide) groups is 1. The van der Waals surface area contributed by atoms with E-state index in [1.54, 1.807) is 14.2 Å². The Balaban J connectivity index is 1.39. The van der Waals surface area contributed by atoms with Gasteiger partial charge in [-0.2, -0.15) is 0 Å². The van der Waals surface area contributed by atoms with Gasteiger partial charge in [-0.1, -0.05) is 17.8 Å². The minimum absolute atomic E-state index is 0.0383. The normalized spacial score (nSPS) is 13.1. The number of aromatic nitrogens is 2. The summed E-state index contributed by atoms with van der Waals surface area (Å²) in [5, 5.41) is 8.60. The van der Waals surface area contributed by atoms with E-state index >= 15 is 0 Å². The highest BCUT2D eigenvalue weighted by molar-refractivity contribution is 7.99. The molecule has 162 valence electrons. The fraction of sp³-hybridized carbons (Fsp3) is 0.348. The number of rotatable bonds is 6. The highest BCUT2D eigenvalue weighted by Gasteiger charge is 2.23. The maximum atomic E-state index is 12.8. The van der Waals surface area contributed by atoms with Crippen LogP contribution in [-0.4, -0.2) is 47.5 Å². The number of hydrogen-bond donors (Lipinski definition) is 0. The Hall–Kier alpha value is -3.00. The van der Waals surface area contributed by atoms with Crippen molar-refractivity contribution < 1.29 is 18.7 Å². The Morgan fingerprint density at radius 1 is 1.06 bits per heavy atom. The van der Waals surface area contributed by atoms with Crippen LogP contribution < -0.4 is 9.47 Å². The zero-order valence-corrected chi connectivity index (χ0v) is 18.9. The van der Waals surface area contributed by atoms with Crippen LogP contribution in [0.3, 0.4) is 0 Å². The Morgan fingerprint density at radius 3 is 2.52 bits per heavy atom. The molecule has 3 aromatic rings. The summed E-state index contributed by atoms with van der Waals surface area (Å²) < 4.78 is 16.5. The number of amides is 1. The Bertz CT molecular complexity index is 1110. The molecule has 1 aliphatic heterocycles. The fourth-order valence-corrected chi connectivity index (χ4v) is 4.24. The molecule has 31 heavy (non-hydrogen) atoms. The predicted octanol–water partition coefficient (Wildman–Crippen LogP) is 4.05. The predicted molar refractivity (Wildman–Crippen MR) is 119 cm³/mol. The lowest BCUT2D eigenvalue weighted by Gasteiger charge is -2.29. The van der Waals surface area contributed by atoms with E-state index in [0.29, 0.717) is 35.7 Å². The number of benzene rings is 2. The Labute approximate surface area is 185 Å². The van der Waals surface area contributed by atoms with E-state index in [2.05, 4.69) is 17.1 Å². The summed E-state index contributed by atoms with van der Waals surface area (Å²) in [7, 11) is 3.24. The fourth-order valence-electron chi connectivity index (χ4n) is 3.57. The molecule has 2 aromatic carbocycles. The van der Waals surface area contributed by atoms with Gasteiger partial charge in [0.25, 0.3) is 5.22 Å². The standard InChI is InChI=1S/C23H25N3O4S/c1-14-5-6-17(9-15(14)2)22-24-25-23(30-22)31-13-21(27)26-8-7-16-10-19(28-3)20(29-4)11-18(16)12-26/h5-6,9-11H,7-8,12-13H2,1-4H3. The molecule has 0 bridgehead atoms. The van der Waals surface area contributed by atoms with Crippen LogP contribution in [0.15, 0.2) is 40.0 Å². The van der Waals surface area contributed by atoms with Gasteiger partial charge in [-0.05, 0) is 66.8 Å². The van der Waals surface area contributed by atoms with Crippen molar-refractivity contribution in [1.29, 1.82) is 0 Å². The second-order valence-corrected chi connectivity index (χ2v) is 8.43. The molecule has 1 aliphatic rings. The molecule has 1 aromatic heterocycles. The van der Waals surface area contributed by atoms with Crippen LogP contribution in [0, 0.1) is 13.8 Å². The first-order chi connectivity index (χ1) is 15.0. The van der Waals surface area contributed by atoms with Crippen LogP contribution in [0.2, 0.25) is 0 Å². The van der Waals surface area contributed by atoms with Crippen molar-refractivity contribution in [3.63, 3.8) is 0 Å². The first-order valence-electron chi connectivity index (χ1n) is 10.0. The van der Waals surface area contributed by atoms with E-state index in [-0.39, 0.29) is 11.7 Å². The molecule has 0 unspecified atom stereocenters. The van der Waals surface area contributed by atoms with Crippen molar-refractivity contribution in [2.24, 2.45) is 0 Å². The van der Waals surface area contributed by atoms with Crippen LogP contribution in [0.4, 0.5) is 0 Å². The average molecular weight is 440 g/mol. The molecule has 0 aliphatic carbocycles. The molecule has 0 fully saturated rings. The smallest absolute Gasteiger partial charge is 0.277 e. The number of aryl methyl sites for hydroxylation is 2. The molecule has 7 nitrogen and oxygen atoms in total. The number of fused-ring (bicyclic) bond motifs is 1. The Morgan fingerprint density at radius 2 is 1.81 bits per heavy atom. The lowest BCUT2D eigenvalue weighted by molar-refractivity contribution is -0.129. The summed E-state index contributed by atoms with van der Waals surface area (Å²) in [6, 6.07) is 9.97. The van der Waals surface area contributed by atoms with Gasteiger partial charge in [-0.15, -0.1) is 10.2 Å². The Kier molecular flexibility index (Phi) is 6.18. The van der Waals surface area contributed by atoms with E-state index in [4.69, 9.17) is 13.9 Å². The van der Waals surface area contributed by atoms with Crippen LogP contribution in [0.1, 0.15) is 22.3 Å². The van der Waals surface area contributed by atoms with Gasteiger partial charge in [0.2, 0.25) is 11.8 Å². The maximum absolute atomic E-state index is 12.8. The zero-order valence-electron chi connectivity index (χ0n) is 18.1. The van der Waals surface area contributed by atoms with Crippen LogP contribution in [0.5, 0.6) is 11.5 Å². The highest BCUT2D eigenvalue weighted by atomic mass is 32.2. The SMILES string of the molecule is COc1cc2c(cc1OC)CN(C(=O)CSc1nnc(-c3ccc(C)c(C)c3)o1)CC2. The van der Waals surface area contributed by atoms with Crippen LogP contribution >= 0.6 is 11.8 Å². The van der Waals surface area contributed by atoms with Gasteiger partial charge >= 0.3 is 0 Å². The molecule has 0 saturated carbocycles. The van der Waals surface area contributed by atoms with Crippen molar-refractivity contribution in [1.82, 2.24) is 15.1 Å². The van der Waals surface area contributed by atoms with Gasteiger partial charge in [-0.3, -0.25) is 4.79 Å². The van der Waals surface area contributed by atoms with Gasteiger partial charge in [0, 0.05) is 18.7 Å². The third-order valence-electron chi connectivity index (χ3n) is 5.55. The molecule has 1 amide bonds. The number of carbonyl (C=O) groups excluding carboxylic acids is 1. The van der Waals surface area contributed by atoms with E-state index < -0.39 is 0 Å². The molecular weight excluding hydrogens is 414 g/mol. The van der Waals surface area contributed by atoms with Gasteiger partial charge in [0.1, 0.15) is 0 Å². The van der Waals surface area contributed by atoms with E-state index in [1.165, 1.54) is 28.5 Å². The number of carbonyl (C=O) groups is 1. The topological polar surface area (TPSA) is 77.7 Å². The van der Waals surface area contributed by atoms with Gasteiger partial charge in [0.05, 0.1) is 20.0 Å². The van der Waals surface area contributed by atoms with Crippen LogP contribution in [0.25, 0.3) is 11.5 Å². The first-order valence-corrected chi connectivity index (χ1v) is 11.0. The van der Waals surface area contributed by atoms with E-state index in [9.17, 15) is 4.79 Å². The van der Waals surface area contributed by atoms with E-state index in [1.807, 2.05) is 42.2 Å². The minimum atomic E-state index is 0.0383. The van der Waals surface area contributed by atoms with E-state index in [0.717, 1.165) is 17.5 Å². The second kappa shape index (κ2) is 9.01. The van der Waals surface area contributed by atoms with Gasteiger partial charge < -0.3 is 18.8 Å². The number of methoxy groups -OCH3 is 2. The molecule has 2 heterocycles. The van der Waals surface area contributed by atoms with Crippen LogP contribution in [-0.2, 0) is 17.8 Å². The molecule has 0 atom stereocenters. The van der Waals surface area contributed by atoms with Crippen molar-refractivity contribution in [3.05, 3.63) is 52.6 Å². The zero-order chi connectivity index (χ0) is 22.0. The van der Waals surface area contributed by atoms with Crippen molar-refractivity contribution >= 4 is 17.7 Å². The molecular formula is C23H25N3O4S. The number of ether oxygens (including phenoxy) is 2. The maximum Gasteiger partial charge on any atom is 0.277 e. The summed E-state index contributed by atoms with van der Waals surface area (Å²) in [4.78, 5) is 14.6. The summed E-state index contributed by atoms with van der Waals surface area (Å²) in [6.45, 7) is 5.32. The molecule has 0 radical (unpaired) electrons. The summed E-state index contributed by atoms with van der Waals surface area (Å²) in [6.07, 6.45) is 0.781. The lowest BCUT2D eigenvalue weighted by Crippen LogP contribution is -2.37. The largest absolute Gasteiger partial charge is 0.493 e. The number of nitrogens with zero attached hydrogens (tertiary/aromatic N) is 3. The highest BCUT2D eigenvalue weighted by Crippen LogP contribution is 2.33. The summed E-state index contributed by atoms with van der Waals surface area (Å²) in [5.74, 6) is 2.14. The molecule has 4 rings (SSSR count). The monoisotopic (exact) mass is 439 g/mol. The molecule has 0 spiro atoms. The van der Waals surface area contributed by atoms with Crippen molar-refractivity contribution in [2.75, 3.05) is 26.5 Å². The van der Waals surface area contributed by atoms with Gasteiger partial charge in [0.15, 0.2) is 11.5 Å². The summed E-state index contributed by atoms with van der Waals surface area (Å²) in [5.41, 5.74) is 5.52. The third kappa shape index (κ3) is 4.54. The molecule has 0 saturated heterocycles. The van der Waals surface area contributed by atoms with Gasteiger partial charge in [-0.25, -0.2) is 0 Å². The quantitative estimate of drug-likeness (QED) is 0.536. The van der Waals surface area contributed by atoms with Crippen molar-refractivity contribution in [2.45, 2.75) is 32.0 Å². The number of hydrogen-bond acceptors (Lipinski definition) is 7. The minimum Gasteiger partial charge on any atom is -0.493 e. The molecule has 0 N–H and O–H groups in total. The van der Waals surface area contributed by atoms with Crippen molar-refractivity contribution in [3.8, 4) is 23.0 Å². The third-order valence-corrected chi connectivity index (χ3v) is 6.35. The summed E-state index contributed by atoms with van der Waals surface area (Å²) >= 11 is 1.26. The molecule has 8 heteroatoms. The first kappa shape index (κ1) is 21.2. The average Bonchev–Trinajstić information content (AvgIpc) is 3.27. The lowest BCUT2D eigenvalue weighted by atomic mass is 9.99.